The fourth-order valence-corrected chi connectivity index (χ4v) is 3.69. The molecule has 0 bridgehead atoms. The second-order valence-corrected chi connectivity index (χ2v) is 7.52. The van der Waals surface area contributed by atoms with E-state index in [4.69, 9.17) is 11.6 Å². The van der Waals surface area contributed by atoms with Crippen molar-refractivity contribution < 1.29 is 0 Å². The lowest BCUT2D eigenvalue weighted by atomic mass is 10.1. The zero-order valence-electron chi connectivity index (χ0n) is 13.7. The van der Waals surface area contributed by atoms with Crippen LogP contribution in [0.25, 0.3) is 10.9 Å². The van der Waals surface area contributed by atoms with E-state index in [1.807, 2.05) is 36.7 Å². The van der Waals surface area contributed by atoms with Gasteiger partial charge in [-0.2, -0.15) is 0 Å². The molecular weight excluding hydrogens is 400 g/mol. The van der Waals surface area contributed by atoms with Crippen LogP contribution in [-0.2, 0) is 6.54 Å². The molecule has 3 heterocycles. The summed E-state index contributed by atoms with van der Waals surface area (Å²) < 4.78 is 1.01. The Kier molecular flexibility index (Phi) is 4.88. The normalized spacial score (nSPS) is 15.7. The van der Waals surface area contributed by atoms with E-state index in [2.05, 4.69) is 47.8 Å². The van der Waals surface area contributed by atoms with Gasteiger partial charge in [-0.05, 0) is 40.2 Å². The minimum atomic E-state index is 0.795. The lowest BCUT2D eigenvalue weighted by molar-refractivity contribution is 0.250. The van der Waals surface area contributed by atoms with Gasteiger partial charge in [0.05, 0.1) is 5.52 Å². The highest BCUT2D eigenvalue weighted by molar-refractivity contribution is 9.10. The van der Waals surface area contributed by atoms with E-state index in [0.29, 0.717) is 0 Å². The maximum absolute atomic E-state index is 6.47. The molecule has 0 atom stereocenters. The third-order valence-corrected chi connectivity index (χ3v) is 5.44. The highest BCUT2D eigenvalue weighted by Gasteiger charge is 2.20. The zero-order valence-corrected chi connectivity index (χ0v) is 16.0. The minimum Gasteiger partial charge on any atom is -0.354 e. The third-order valence-electron chi connectivity index (χ3n) is 4.61. The molecule has 1 saturated heterocycles. The van der Waals surface area contributed by atoms with E-state index in [0.717, 1.165) is 64.5 Å². The van der Waals surface area contributed by atoms with Gasteiger partial charge in [0.2, 0.25) is 0 Å². The largest absolute Gasteiger partial charge is 0.354 e. The molecule has 0 radical (unpaired) electrons. The molecule has 128 valence electrons. The summed E-state index contributed by atoms with van der Waals surface area (Å²) >= 11 is 9.91. The van der Waals surface area contributed by atoms with Crippen LogP contribution in [0, 0.1) is 0 Å². The molecule has 0 aliphatic carbocycles. The first-order chi connectivity index (χ1) is 12.2. The fraction of sp³-hybridized carbons (Fsp3) is 0.263. The number of piperazine rings is 1. The van der Waals surface area contributed by atoms with Gasteiger partial charge in [-0.1, -0.05) is 23.7 Å². The van der Waals surface area contributed by atoms with Crippen LogP contribution in [0.5, 0.6) is 0 Å². The molecule has 1 aliphatic heterocycles. The first kappa shape index (κ1) is 16.8. The van der Waals surface area contributed by atoms with Gasteiger partial charge in [0.15, 0.2) is 0 Å². The van der Waals surface area contributed by atoms with Gasteiger partial charge < -0.3 is 4.90 Å². The third kappa shape index (κ3) is 3.64. The van der Waals surface area contributed by atoms with Gasteiger partial charge in [-0.25, -0.2) is 4.98 Å². The lowest BCUT2D eigenvalue weighted by Gasteiger charge is -2.35. The second kappa shape index (κ2) is 7.28. The SMILES string of the molecule is Clc1ccc2cccnc2c1CN1CCN(c2ccc(Br)cn2)CC1. The van der Waals surface area contributed by atoms with Gasteiger partial charge in [0, 0.05) is 65.6 Å². The van der Waals surface area contributed by atoms with Gasteiger partial charge in [0.25, 0.3) is 0 Å². The van der Waals surface area contributed by atoms with Crippen molar-refractivity contribution in [3.05, 3.63) is 63.9 Å². The number of aromatic nitrogens is 2. The monoisotopic (exact) mass is 416 g/mol. The topological polar surface area (TPSA) is 32.3 Å². The number of rotatable bonds is 3. The summed E-state index contributed by atoms with van der Waals surface area (Å²) in [6.07, 6.45) is 3.68. The first-order valence-electron chi connectivity index (χ1n) is 8.32. The quantitative estimate of drug-likeness (QED) is 0.633. The summed E-state index contributed by atoms with van der Waals surface area (Å²) in [6, 6.07) is 12.2. The van der Waals surface area contributed by atoms with Crippen LogP contribution >= 0.6 is 27.5 Å². The Morgan fingerprint density at radius 2 is 1.84 bits per heavy atom. The van der Waals surface area contributed by atoms with Crippen LogP contribution < -0.4 is 4.90 Å². The predicted molar refractivity (Wildman–Crippen MR) is 106 cm³/mol. The van der Waals surface area contributed by atoms with Crippen LogP contribution in [-0.4, -0.2) is 41.0 Å². The van der Waals surface area contributed by atoms with Crippen molar-refractivity contribution in [3.63, 3.8) is 0 Å². The molecule has 0 N–H and O–H groups in total. The summed E-state index contributed by atoms with van der Waals surface area (Å²) in [5, 5.41) is 1.93. The maximum atomic E-state index is 6.47. The molecule has 4 nitrogen and oxygen atoms in total. The summed E-state index contributed by atoms with van der Waals surface area (Å²) in [5.74, 6) is 1.03. The number of nitrogens with zero attached hydrogens (tertiary/aromatic N) is 4. The Labute approximate surface area is 160 Å². The number of halogens is 2. The van der Waals surface area contributed by atoms with Crippen molar-refractivity contribution in [2.24, 2.45) is 0 Å². The van der Waals surface area contributed by atoms with E-state index >= 15 is 0 Å². The standard InChI is InChI=1S/C19H18BrClN4/c20-15-4-6-18(23-12-15)25-10-8-24(9-11-25)13-16-17(21)5-3-14-2-1-7-22-19(14)16/h1-7,12H,8-11,13H2. The van der Waals surface area contributed by atoms with Gasteiger partial charge in [0.1, 0.15) is 5.82 Å². The molecule has 1 aromatic carbocycles. The lowest BCUT2D eigenvalue weighted by Crippen LogP contribution is -2.46. The van der Waals surface area contributed by atoms with E-state index in [1.54, 1.807) is 0 Å². The van der Waals surface area contributed by atoms with Crippen molar-refractivity contribution in [2.75, 3.05) is 31.1 Å². The van der Waals surface area contributed by atoms with Crippen LogP contribution in [0.4, 0.5) is 5.82 Å². The van der Waals surface area contributed by atoms with Crippen molar-refractivity contribution >= 4 is 44.3 Å². The average Bonchev–Trinajstić information content (AvgIpc) is 2.65. The number of hydrogen-bond acceptors (Lipinski definition) is 4. The minimum absolute atomic E-state index is 0.795. The number of hydrogen-bond donors (Lipinski definition) is 0. The molecule has 3 aromatic rings. The number of benzene rings is 1. The Bertz CT molecular complexity index is 876. The van der Waals surface area contributed by atoms with Crippen molar-refractivity contribution in [1.82, 2.24) is 14.9 Å². The highest BCUT2D eigenvalue weighted by atomic mass is 79.9. The molecule has 0 unspecified atom stereocenters. The van der Waals surface area contributed by atoms with E-state index < -0.39 is 0 Å². The van der Waals surface area contributed by atoms with Gasteiger partial charge >= 0.3 is 0 Å². The van der Waals surface area contributed by atoms with Crippen molar-refractivity contribution in [3.8, 4) is 0 Å². The van der Waals surface area contributed by atoms with E-state index in [-0.39, 0.29) is 0 Å². The molecule has 0 spiro atoms. The summed E-state index contributed by atoms with van der Waals surface area (Å²) in [4.78, 5) is 13.8. The van der Waals surface area contributed by atoms with E-state index in [9.17, 15) is 0 Å². The summed E-state index contributed by atoms with van der Waals surface area (Å²) in [6.45, 7) is 4.72. The Morgan fingerprint density at radius 3 is 2.60 bits per heavy atom. The van der Waals surface area contributed by atoms with Crippen LogP contribution in [0.15, 0.2) is 53.3 Å². The van der Waals surface area contributed by atoms with Crippen LogP contribution in [0.1, 0.15) is 5.56 Å². The second-order valence-electron chi connectivity index (χ2n) is 6.20. The molecule has 2 aromatic heterocycles. The number of fused-ring (bicyclic) bond motifs is 1. The molecule has 4 rings (SSSR count). The number of pyridine rings is 2. The molecular formula is C19H18BrClN4. The predicted octanol–water partition coefficient (Wildman–Crippen LogP) is 4.37. The summed E-state index contributed by atoms with van der Waals surface area (Å²) in [7, 11) is 0. The molecule has 25 heavy (non-hydrogen) atoms. The van der Waals surface area contributed by atoms with Crippen molar-refractivity contribution in [1.29, 1.82) is 0 Å². The number of anilines is 1. The maximum Gasteiger partial charge on any atom is 0.128 e. The van der Waals surface area contributed by atoms with E-state index in [1.165, 1.54) is 0 Å². The molecule has 0 saturated carbocycles. The Balaban J connectivity index is 1.47. The average molecular weight is 418 g/mol. The molecule has 1 fully saturated rings. The molecule has 1 aliphatic rings. The van der Waals surface area contributed by atoms with Crippen molar-refractivity contribution in [2.45, 2.75) is 6.54 Å². The molecule has 6 heteroatoms. The Morgan fingerprint density at radius 1 is 1.00 bits per heavy atom. The van der Waals surface area contributed by atoms with Crippen LogP contribution in [0.3, 0.4) is 0 Å². The van der Waals surface area contributed by atoms with Gasteiger partial charge in [-0.3, -0.25) is 9.88 Å². The highest BCUT2D eigenvalue weighted by Crippen LogP contribution is 2.26. The van der Waals surface area contributed by atoms with Gasteiger partial charge in [-0.15, -0.1) is 0 Å². The first-order valence-corrected chi connectivity index (χ1v) is 9.49. The summed E-state index contributed by atoms with van der Waals surface area (Å²) in [5.41, 5.74) is 2.13. The van der Waals surface area contributed by atoms with Crippen LogP contribution in [0.2, 0.25) is 5.02 Å². The Hall–Kier alpha value is -1.69. The zero-order chi connectivity index (χ0) is 17.2. The molecule has 0 amide bonds. The smallest absolute Gasteiger partial charge is 0.128 e. The fourth-order valence-electron chi connectivity index (χ4n) is 3.25.